The van der Waals surface area contributed by atoms with Crippen molar-refractivity contribution in [3.63, 3.8) is 0 Å². The second-order valence-electron chi connectivity index (χ2n) is 7.06. The van der Waals surface area contributed by atoms with Crippen molar-refractivity contribution in [3.05, 3.63) is 23.8 Å². The molecule has 1 aromatic carbocycles. The van der Waals surface area contributed by atoms with E-state index in [1.807, 2.05) is 39.0 Å². The van der Waals surface area contributed by atoms with Crippen LogP contribution in [0.5, 0.6) is 5.75 Å². The Kier molecular flexibility index (Phi) is 4.60. The van der Waals surface area contributed by atoms with E-state index < -0.39 is 0 Å². The minimum absolute atomic E-state index is 0.0948. The van der Waals surface area contributed by atoms with Crippen LogP contribution in [0.15, 0.2) is 18.2 Å². The van der Waals surface area contributed by atoms with Crippen molar-refractivity contribution >= 4 is 11.5 Å². The van der Waals surface area contributed by atoms with Gasteiger partial charge in [-0.1, -0.05) is 0 Å². The molecule has 0 bridgehead atoms. The zero-order chi connectivity index (χ0) is 16.4. The average Bonchev–Trinajstić information content (AvgIpc) is 3.04. The zero-order valence-electron chi connectivity index (χ0n) is 14.1. The fraction of sp³-hybridized carbons (Fsp3) is 0.611. The topological polar surface area (TPSA) is 59.6 Å². The highest BCUT2D eigenvalue weighted by Gasteiger charge is 2.27. The predicted molar refractivity (Wildman–Crippen MR) is 90.4 cm³/mol. The van der Waals surface area contributed by atoms with Crippen LogP contribution in [0.25, 0.3) is 0 Å². The third kappa shape index (κ3) is 3.85. The zero-order valence-corrected chi connectivity index (χ0v) is 14.1. The first kappa shape index (κ1) is 16.3. The van der Waals surface area contributed by atoms with E-state index in [0.717, 1.165) is 44.0 Å². The Morgan fingerprint density at radius 3 is 3.04 bits per heavy atom. The molecule has 2 atom stereocenters. The maximum atomic E-state index is 12.6. The number of hydrogen-bond donors (Lipinski definition) is 2. The van der Waals surface area contributed by atoms with Crippen molar-refractivity contribution < 1.29 is 14.3 Å². The highest BCUT2D eigenvalue weighted by molar-refractivity contribution is 6.01. The Balaban J connectivity index is 1.63. The summed E-state index contributed by atoms with van der Waals surface area (Å²) in [6.45, 7) is 8.28. The number of fused-ring (bicyclic) bond motifs is 1. The van der Waals surface area contributed by atoms with E-state index in [1.165, 1.54) is 0 Å². The number of hydrogen-bond acceptors (Lipinski definition) is 5. The van der Waals surface area contributed by atoms with Gasteiger partial charge in [0.25, 0.3) is 0 Å². The smallest absolute Gasteiger partial charge is 0.179 e. The second kappa shape index (κ2) is 6.49. The number of nitrogens with one attached hydrogen (secondary N) is 2. The molecule has 0 spiro atoms. The van der Waals surface area contributed by atoms with Crippen molar-refractivity contribution in [1.82, 2.24) is 5.32 Å². The van der Waals surface area contributed by atoms with Crippen molar-refractivity contribution in [1.29, 1.82) is 0 Å². The molecule has 0 amide bonds. The molecule has 1 fully saturated rings. The first-order valence-electron chi connectivity index (χ1n) is 8.41. The standard InChI is InChI=1S/C18H26N2O3/c1-12(19-10-14-5-4-8-22-14)17(21)13-6-7-16-15(9-13)20-11-18(2,3)23-16/h6-7,9,12,14,19-20H,4-5,8,10-11H2,1-3H3. The van der Waals surface area contributed by atoms with E-state index >= 15 is 0 Å². The monoisotopic (exact) mass is 318 g/mol. The van der Waals surface area contributed by atoms with E-state index in [1.54, 1.807) is 0 Å². The molecular formula is C18H26N2O3. The number of carbonyl (C=O) groups excluding carboxylic acids is 1. The molecule has 2 aliphatic heterocycles. The van der Waals surface area contributed by atoms with Gasteiger partial charge in [-0.05, 0) is 51.8 Å². The van der Waals surface area contributed by atoms with Gasteiger partial charge in [0.05, 0.1) is 24.4 Å². The van der Waals surface area contributed by atoms with Crippen molar-refractivity contribution in [3.8, 4) is 5.75 Å². The molecule has 0 aliphatic carbocycles. The number of rotatable bonds is 5. The molecule has 0 aromatic heterocycles. The Morgan fingerprint density at radius 1 is 1.48 bits per heavy atom. The fourth-order valence-electron chi connectivity index (χ4n) is 3.01. The molecular weight excluding hydrogens is 292 g/mol. The van der Waals surface area contributed by atoms with E-state index in [9.17, 15) is 4.79 Å². The molecule has 5 nitrogen and oxygen atoms in total. The molecule has 23 heavy (non-hydrogen) atoms. The molecule has 2 N–H and O–H groups in total. The van der Waals surface area contributed by atoms with Gasteiger partial charge in [-0.2, -0.15) is 0 Å². The Morgan fingerprint density at radius 2 is 2.30 bits per heavy atom. The summed E-state index contributed by atoms with van der Waals surface area (Å²) >= 11 is 0. The summed E-state index contributed by atoms with van der Waals surface area (Å²) in [4.78, 5) is 12.6. The Bertz CT molecular complexity index is 580. The molecule has 3 rings (SSSR count). The third-order valence-corrected chi connectivity index (χ3v) is 4.42. The predicted octanol–water partition coefficient (Wildman–Crippen LogP) is 2.61. The normalized spacial score (nSPS) is 23.5. The van der Waals surface area contributed by atoms with Gasteiger partial charge in [-0.3, -0.25) is 4.79 Å². The Hall–Kier alpha value is -1.59. The molecule has 1 aromatic rings. The minimum atomic E-state index is -0.228. The summed E-state index contributed by atoms with van der Waals surface area (Å²) in [6.07, 6.45) is 2.43. The van der Waals surface area contributed by atoms with Crippen LogP contribution in [0, 0.1) is 0 Å². The van der Waals surface area contributed by atoms with Gasteiger partial charge in [0.1, 0.15) is 11.4 Å². The van der Waals surface area contributed by atoms with Crippen LogP contribution in [0.2, 0.25) is 0 Å². The SMILES string of the molecule is CC(NCC1CCCO1)C(=O)c1ccc2c(c1)NCC(C)(C)O2. The van der Waals surface area contributed by atoms with Gasteiger partial charge < -0.3 is 20.1 Å². The maximum absolute atomic E-state index is 12.6. The first-order valence-corrected chi connectivity index (χ1v) is 8.41. The average molecular weight is 318 g/mol. The van der Waals surface area contributed by atoms with Crippen LogP contribution in [0.1, 0.15) is 44.0 Å². The summed E-state index contributed by atoms with van der Waals surface area (Å²) in [5.74, 6) is 0.898. The Labute approximate surface area is 137 Å². The lowest BCUT2D eigenvalue weighted by Crippen LogP contribution is -2.40. The number of ketones is 1. The molecule has 1 saturated heterocycles. The molecule has 5 heteroatoms. The van der Waals surface area contributed by atoms with Gasteiger partial charge in [0.2, 0.25) is 0 Å². The van der Waals surface area contributed by atoms with E-state index in [4.69, 9.17) is 9.47 Å². The molecule has 0 radical (unpaired) electrons. The van der Waals surface area contributed by atoms with Crippen LogP contribution < -0.4 is 15.4 Å². The quantitative estimate of drug-likeness (QED) is 0.817. The van der Waals surface area contributed by atoms with Crippen molar-refractivity contribution in [2.75, 3.05) is 25.0 Å². The lowest BCUT2D eigenvalue weighted by molar-refractivity contribution is 0.0902. The molecule has 2 heterocycles. The van der Waals surface area contributed by atoms with Gasteiger partial charge in [-0.15, -0.1) is 0 Å². The van der Waals surface area contributed by atoms with Crippen LogP contribution in [-0.4, -0.2) is 43.2 Å². The van der Waals surface area contributed by atoms with Crippen LogP contribution in [0.4, 0.5) is 5.69 Å². The molecule has 2 aliphatic rings. The van der Waals surface area contributed by atoms with Crippen LogP contribution in [0.3, 0.4) is 0 Å². The second-order valence-corrected chi connectivity index (χ2v) is 7.06. The summed E-state index contributed by atoms with van der Waals surface area (Å²) < 4.78 is 11.5. The van der Waals surface area contributed by atoms with Crippen LogP contribution >= 0.6 is 0 Å². The number of benzene rings is 1. The van der Waals surface area contributed by atoms with Gasteiger partial charge in [0, 0.05) is 18.7 Å². The van der Waals surface area contributed by atoms with Gasteiger partial charge in [0.15, 0.2) is 5.78 Å². The maximum Gasteiger partial charge on any atom is 0.179 e. The molecule has 126 valence electrons. The number of carbonyl (C=O) groups is 1. The van der Waals surface area contributed by atoms with Gasteiger partial charge in [-0.25, -0.2) is 0 Å². The highest BCUT2D eigenvalue weighted by atomic mass is 16.5. The number of anilines is 1. The van der Waals surface area contributed by atoms with E-state index in [2.05, 4.69) is 10.6 Å². The van der Waals surface area contributed by atoms with Gasteiger partial charge >= 0.3 is 0 Å². The minimum Gasteiger partial charge on any atom is -0.484 e. The van der Waals surface area contributed by atoms with Crippen molar-refractivity contribution in [2.24, 2.45) is 0 Å². The number of ether oxygens (including phenoxy) is 2. The molecule has 2 unspecified atom stereocenters. The van der Waals surface area contributed by atoms with E-state index in [-0.39, 0.29) is 23.5 Å². The lowest BCUT2D eigenvalue weighted by atomic mass is 10.0. The highest BCUT2D eigenvalue weighted by Crippen LogP contribution is 2.33. The van der Waals surface area contributed by atoms with E-state index in [0.29, 0.717) is 5.56 Å². The summed E-state index contributed by atoms with van der Waals surface area (Å²) in [6, 6.07) is 5.38. The van der Waals surface area contributed by atoms with Crippen LogP contribution in [-0.2, 0) is 4.74 Å². The number of Topliss-reactive ketones (excluding diaryl/α,β-unsaturated/α-hetero) is 1. The largest absolute Gasteiger partial charge is 0.484 e. The summed E-state index contributed by atoms with van der Waals surface area (Å²) in [7, 11) is 0. The summed E-state index contributed by atoms with van der Waals surface area (Å²) in [5, 5.41) is 6.64. The lowest BCUT2D eigenvalue weighted by Gasteiger charge is -2.33. The summed E-state index contributed by atoms with van der Waals surface area (Å²) in [5.41, 5.74) is 1.36. The fourth-order valence-corrected chi connectivity index (χ4v) is 3.01. The first-order chi connectivity index (χ1) is 10.9. The molecule has 0 saturated carbocycles. The van der Waals surface area contributed by atoms with Crippen molar-refractivity contribution in [2.45, 2.75) is 51.4 Å². The third-order valence-electron chi connectivity index (χ3n) is 4.42.